The first-order chi connectivity index (χ1) is 12.5. The zero-order chi connectivity index (χ0) is 18.9. The number of carboxylic acids is 1. The third-order valence-corrected chi connectivity index (χ3v) is 5.81. The Morgan fingerprint density at radius 3 is 2.62 bits per heavy atom. The second-order valence-electron chi connectivity index (χ2n) is 7.89. The zero-order valence-corrected chi connectivity index (χ0v) is 16.7. The standard InChI is InChI=1S/C22H36O4/c1-4-5-10-16(2)17(3)15-25-22-18(19-13-14-20(22)26-19)11-8-6-7-9-12-21(23)24/h6,8,18-20,22H,4-5,7,9-15H2,1-3H3,(H,23,24)/b8-6-,17-16?/t18-,19+,20-,22+/m1/s1. The number of rotatable bonds is 12. The molecule has 0 aromatic carbocycles. The zero-order valence-electron chi connectivity index (χ0n) is 16.7. The Balaban J connectivity index is 1.80. The topological polar surface area (TPSA) is 55.8 Å². The fourth-order valence-corrected chi connectivity index (χ4v) is 3.99. The summed E-state index contributed by atoms with van der Waals surface area (Å²) in [7, 11) is 0. The maximum Gasteiger partial charge on any atom is 0.303 e. The Kier molecular flexibility index (Phi) is 8.86. The van der Waals surface area contributed by atoms with Crippen molar-refractivity contribution in [1.29, 1.82) is 0 Å². The summed E-state index contributed by atoms with van der Waals surface area (Å²) >= 11 is 0. The summed E-state index contributed by atoms with van der Waals surface area (Å²) in [5, 5.41) is 8.68. The fourth-order valence-electron chi connectivity index (χ4n) is 3.99. The highest BCUT2D eigenvalue weighted by Gasteiger charge is 2.48. The fraction of sp³-hybridized carbons (Fsp3) is 0.773. The van der Waals surface area contributed by atoms with E-state index >= 15 is 0 Å². The summed E-state index contributed by atoms with van der Waals surface area (Å²) in [5.74, 6) is -0.278. The molecule has 2 aliphatic heterocycles. The van der Waals surface area contributed by atoms with Gasteiger partial charge in [-0.05, 0) is 64.4 Å². The normalized spacial score (nSPS) is 28.7. The largest absolute Gasteiger partial charge is 0.481 e. The van der Waals surface area contributed by atoms with Gasteiger partial charge in [0.2, 0.25) is 0 Å². The van der Waals surface area contributed by atoms with Crippen molar-refractivity contribution in [3.05, 3.63) is 23.3 Å². The first-order valence-electron chi connectivity index (χ1n) is 10.3. The number of allylic oxidation sites excluding steroid dienone is 3. The van der Waals surface area contributed by atoms with E-state index in [1.165, 1.54) is 30.4 Å². The first-order valence-corrected chi connectivity index (χ1v) is 10.3. The molecule has 2 fully saturated rings. The van der Waals surface area contributed by atoms with Crippen LogP contribution in [0.25, 0.3) is 0 Å². The Morgan fingerprint density at radius 2 is 1.88 bits per heavy atom. The second kappa shape index (κ2) is 10.9. The molecule has 0 unspecified atom stereocenters. The van der Waals surface area contributed by atoms with Crippen molar-refractivity contribution in [3.8, 4) is 0 Å². The number of hydrogen-bond donors (Lipinski definition) is 1. The van der Waals surface area contributed by atoms with Crippen LogP contribution in [0.2, 0.25) is 0 Å². The highest BCUT2D eigenvalue weighted by atomic mass is 16.6. The van der Waals surface area contributed by atoms with Crippen molar-refractivity contribution in [2.75, 3.05) is 6.61 Å². The third kappa shape index (κ3) is 6.24. The van der Waals surface area contributed by atoms with Crippen LogP contribution in [-0.4, -0.2) is 36.0 Å². The van der Waals surface area contributed by atoms with Gasteiger partial charge in [-0.3, -0.25) is 4.79 Å². The highest BCUT2D eigenvalue weighted by molar-refractivity contribution is 5.66. The van der Waals surface area contributed by atoms with E-state index in [1.54, 1.807) is 0 Å². The monoisotopic (exact) mass is 364 g/mol. The lowest BCUT2D eigenvalue weighted by molar-refractivity contribution is -0.137. The molecule has 2 aliphatic rings. The van der Waals surface area contributed by atoms with Gasteiger partial charge in [-0.1, -0.05) is 31.1 Å². The molecule has 4 nitrogen and oxygen atoms in total. The summed E-state index contributed by atoms with van der Waals surface area (Å²) in [6.07, 6.45) is 13.8. The lowest BCUT2D eigenvalue weighted by atomic mass is 9.84. The van der Waals surface area contributed by atoms with Crippen LogP contribution in [-0.2, 0) is 14.3 Å². The van der Waals surface area contributed by atoms with Crippen molar-refractivity contribution >= 4 is 5.97 Å². The number of aliphatic carboxylic acids is 1. The van der Waals surface area contributed by atoms with E-state index in [1.807, 2.05) is 0 Å². The van der Waals surface area contributed by atoms with Crippen LogP contribution in [0, 0.1) is 5.92 Å². The van der Waals surface area contributed by atoms with E-state index in [0.717, 1.165) is 25.7 Å². The minimum absolute atomic E-state index is 0.200. The molecule has 2 rings (SSSR count). The quantitative estimate of drug-likeness (QED) is 0.378. The second-order valence-corrected chi connectivity index (χ2v) is 7.89. The number of carbonyl (C=O) groups is 1. The van der Waals surface area contributed by atoms with Gasteiger partial charge in [-0.15, -0.1) is 0 Å². The van der Waals surface area contributed by atoms with E-state index in [4.69, 9.17) is 14.6 Å². The Hall–Kier alpha value is -1.13. The maximum absolute atomic E-state index is 10.5. The molecular weight excluding hydrogens is 328 g/mol. The summed E-state index contributed by atoms with van der Waals surface area (Å²) in [6, 6.07) is 0. The highest BCUT2D eigenvalue weighted by Crippen LogP contribution is 2.42. The van der Waals surface area contributed by atoms with Gasteiger partial charge in [0.25, 0.3) is 0 Å². The lowest BCUT2D eigenvalue weighted by Gasteiger charge is -2.27. The van der Waals surface area contributed by atoms with Crippen molar-refractivity contribution in [2.45, 2.75) is 96.9 Å². The number of ether oxygens (including phenoxy) is 2. The van der Waals surface area contributed by atoms with Crippen LogP contribution in [0.4, 0.5) is 0 Å². The third-order valence-electron chi connectivity index (χ3n) is 5.81. The van der Waals surface area contributed by atoms with Crippen LogP contribution in [0.1, 0.15) is 78.6 Å². The van der Waals surface area contributed by atoms with Gasteiger partial charge in [-0.2, -0.15) is 0 Å². The molecule has 0 saturated carbocycles. The Bertz CT molecular complexity index is 508. The first kappa shape index (κ1) is 21.2. The average Bonchev–Trinajstić information content (AvgIpc) is 3.21. The molecule has 148 valence electrons. The molecule has 0 aromatic heterocycles. The lowest BCUT2D eigenvalue weighted by Crippen LogP contribution is -2.35. The van der Waals surface area contributed by atoms with E-state index < -0.39 is 5.97 Å². The number of hydrogen-bond acceptors (Lipinski definition) is 3. The molecule has 0 spiro atoms. The molecule has 0 radical (unpaired) electrons. The predicted molar refractivity (Wildman–Crippen MR) is 104 cm³/mol. The minimum Gasteiger partial charge on any atom is -0.481 e. The summed E-state index contributed by atoms with van der Waals surface area (Å²) in [4.78, 5) is 10.5. The van der Waals surface area contributed by atoms with Gasteiger partial charge < -0.3 is 14.6 Å². The van der Waals surface area contributed by atoms with E-state index in [2.05, 4.69) is 32.9 Å². The van der Waals surface area contributed by atoms with Crippen LogP contribution in [0.3, 0.4) is 0 Å². The molecule has 4 atom stereocenters. The molecule has 2 bridgehead atoms. The number of carboxylic acid groups (broad SMARTS) is 1. The predicted octanol–water partition coefficient (Wildman–Crippen LogP) is 5.28. The van der Waals surface area contributed by atoms with E-state index in [-0.39, 0.29) is 18.6 Å². The summed E-state index contributed by atoms with van der Waals surface area (Å²) in [6.45, 7) is 7.36. The maximum atomic E-state index is 10.5. The van der Waals surface area contributed by atoms with Gasteiger partial charge in [0.1, 0.15) is 0 Å². The molecule has 2 saturated heterocycles. The van der Waals surface area contributed by atoms with Crippen molar-refractivity contribution in [3.63, 3.8) is 0 Å². The summed E-state index contributed by atoms with van der Waals surface area (Å²) in [5.41, 5.74) is 2.83. The molecule has 4 heteroatoms. The smallest absolute Gasteiger partial charge is 0.303 e. The van der Waals surface area contributed by atoms with Gasteiger partial charge in [-0.25, -0.2) is 0 Å². The SMILES string of the molecule is CCCCC(C)=C(C)CO[C@H]1[C@H](C/C=C\CCCC(=O)O)[C@@H]2CC[C@H]1O2. The van der Waals surface area contributed by atoms with Crippen molar-refractivity contribution in [2.24, 2.45) is 5.92 Å². The molecule has 26 heavy (non-hydrogen) atoms. The van der Waals surface area contributed by atoms with Gasteiger partial charge in [0.05, 0.1) is 24.9 Å². The van der Waals surface area contributed by atoms with Gasteiger partial charge >= 0.3 is 5.97 Å². The molecule has 1 N–H and O–H groups in total. The minimum atomic E-state index is -0.717. The Morgan fingerprint density at radius 1 is 1.12 bits per heavy atom. The van der Waals surface area contributed by atoms with Crippen LogP contribution < -0.4 is 0 Å². The van der Waals surface area contributed by atoms with E-state index in [0.29, 0.717) is 25.0 Å². The van der Waals surface area contributed by atoms with Gasteiger partial charge in [0.15, 0.2) is 0 Å². The molecule has 0 amide bonds. The molecule has 0 aromatic rings. The summed E-state index contributed by atoms with van der Waals surface area (Å²) < 4.78 is 12.4. The average molecular weight is 365 g/mol. The van der Waals surface area contributed by atoms with Crippen molar-refractivity contribution in [1.82, 2.24) is 0 Å². The molecular formula is C22H36O4. The Labute approximate surface area is 158 Å². The van der Waals surface area contributed by atoms with Crippen LogP contribution >= 0.6 is 0 Å². The van der Waals surface area contributed by atoms with Crippen LogP contribution in [0.5, 0.6) is 0 Å². The van der Waals surface area contributed by atoms with Crippen LogP contribution in [0.15, 0.2) is 23.3 Å². The molecule has 0 aliphatic carbocycles. The molecule has 2 heterocycles. The van der Waals surface area contributed by atoms with Gasteiger partial charge in [0, 0.05) is 12.3 Å². The van der Waals surface area contributed by atoms with Crippen molar-refractivity contribution < 1.29 is 19.4 Å². The number of fused-ring (bicyclic) bond motifs is 2. The number of unbranched alkanes of at least 4 members (excludes halogenated alkanes) is 2. The van der Waals surface area contributed by atoms with E-state index in [9.17, 15) is 4.79 Å².